The second-order valence-electron chi connectivity index (χ2n) is 6.74. The molecule has 1 fully saturated rings. The van der Waals surface area contributed by atoms with Gasteiger partial charge in [0.1, 0.15) is 5.75 Å². The number of benzene rings is 2. The average Bonchev–Trinajstić information content (AvgIpc) is 2.73. The van der Waals surface area contributed by atoms with Gasteiger partial charge in [-0.2, -0.15) is 0 Å². The summed E-state index contributed by atoms with van der Waals surface area (Å²) in [6.45, 7) is 0.590. The maximum Gasteiger partial charge on any atom is 0.203 e. The molecule has 3 rings (SSSR count). The molecule has 2 aromatic carbocycles. The number of guanidine groups is 1. The minimum Gasteiger partial charge on any atom is -0.493 e. The lowest BCUT2D eigenvalue weighted by atomic mass is 9.96. The Morgan fingerprint density at radius 3 is 2.24 bits per heavy atom. The van der Waals surface area contributed by atoms with Crippen molar-refractivity contribution in [2.45, 2.75) is 31.9 Å². The van der Waals surface area contributed by atoms with Crippen LogP contribution in [0.1, 0.15) is 24.8 Å². The van der Waals surface area contributed by atoms with Crippen LogP contribution in [0.5, 0.6) is 23.0 Å². The van der Waals surface area contributed by atoms with Crippen LogP contribution in [-0.2, 0) is 6.54 Å². The van der Waals surface area contributed by atoms with Gasteiger partial charge < -0.3 is 29.6 Å². The SMILES string of the molecule is CN=C(NCc1ccccc1OC1CCC1)Nc1cc(OC)c(OC)c(OC)c1. The molecule has 7 nitrogen and oxygen atoms in total. The van der Waals surface area contributed by atoms with E-state index in [1.165, 1.54) is 6.42 Å². The Bertz CT molecular complexity index is 825. The van der Waals surface area contributed by atoms with Crippen molar-refractivity contribution >= 4 is 11.6 Å². The van der Waals surface area contributed by atoms with Crippen LogP contribution in [0.25, 0.3) is 0 Å². The minimum absolute atomic E-state index is 0.341. The number of aliphatic imine (C=N–C) groups is 1. The van der Waals surface area contributed by atoms with E-state index in [0.717, 1.165) is 29.8 Å². The Morgan fingerprint density at radius 2 is 1.69 bits per heavy atom. The quantitative estimate of drug-likeness (QED) is 0.519. The van der Waals surface area contributed by atoms with Gasteiger partial charge in [0.25, 0.3) is 0 Å². The van der Waals surface area contributed by atoms with E-state index < -0.39 is 0 Å². The fourth-order valence-corrected chi connectivity index (χ4v) is 3.08. The van der Waals surface area contributed by atoms with Crippen molar-refractivity contribution in [3.8, 4) is 23.0 Å². The molecule has 29 heavy (non-hydrogen) atoms. The molecule has 0 heterocycles. The van der Waals surface area contributed by atoms with E-state index in [1.54, 1.807) is 28.4 Å². The van der Waals surface area contributed by atoms with Crippen molar-refractivity contribution in [3.63, 3.8) is 0 Å². The van der Waals surface area contributed by atoms with E-state index in [2.05, 4.69) is 21.7 Å². The van der Waals surface area contributed by atoms with Gasteiger partial charge in [0.05, 0.1) is 27.4 Å². The first-order valence-corrected chi connectivity index (χ1v) is 9.70. The van der Waals surface area contributed by atoms with Gasteiger partial charge in [-0.3, -0.25) is 4.99 Å². The van der Waals surface area contributed by atoms with Crippen molar-refractivity contribution in [2.24, 2.45) is 4.99 Å². The van der Waals surface area contributed by atoms with Gasteiger partial charge >= 0.3 is 0 Å². The van der Waals surface area contributed by atoms with Crippen molar-refractivity contribution < 1.29 is 18.9 Å². The Kier molecular flexibility index (Phi) is 7.05. The highest BCUT2D eigenvalue weighted by Gasteiger charge is 2.20. The third-order valence-electron chi connectivity index (χ3n) is 4.92. The van der Waals surface area contributed by atoms with Crippen LogP contribution in [0.4, 0.5) is 5.69 Å². The molecule has 1 aliphatic rings. The number of nitrogens with one attached hydrogen (secondary N) is 2. The fraction of sp³-hybridized carbons (Fsp3) is 0.409. The Labute approximate surface area is 172 Å². The summed E-state index contributed by atoms with van der Waals surface area (Å²) in [5, 5.41) is 6.60. The lowest BCUT2D eigenvalue weighted by molar-refractivity contribution is 0.119. The average molecular weight is 399 g/mol. The van der Waals surface area contributed by atoms with Gasteiger partial charge in [-0.25, -0.2) is 0 Å². The molecule has 2 N–H and O–H groups in total. The molecule has 156 valence electrons. The summed E-state index contributed by atoms with van der Waals surface area (Å²) in [5.74, 6) is 3.24. The summed E-state index contributed by atoms with van der Waals surface area (Å²) >= 11 is 0. The highest BCUT2D eigenvalue weighted by molar-refractivity contribution is 5.94. The van der Waals surface area contributed by atoms with Gasteiger partial charge in [-0.1, -0.05) is 18.2 Å². The molecular weight excluding hydrogens is 370 g/mol. The summed E-state index contributed by atoms with van der Waals surface area (Å²) in [7, 11) is 6.49. The van der Waals surface area contributed by atoms with Gasteiger partial charge in [-0.05, 0) is 25.3 Å². The normalized spacial score (nSPS) is 14.0. The zero-order chi connectivity index (χ0) is 20.6. The number of para-hydroxylation sites is 1. The molecule has 0 spiro atoms. The third-order valence-corrected chi connectivity index (χ3v) is 4.92. The Balaban J connectivity index is 1.69. The first-order chi connectivity index (χ1) is 14.2. The molecule has 1 aliphatic carbocycles. The van der Waals surface area contributed by atoms with Crippen LogP contribution >= 0.6 is 0 Å². The lowest BCUT2D eigenvalue weighted by Crippen LogP contribution is -2.31. The second-order valence-corrected chi connectivity index (χ2v) is 6.74. The van der Waals surface area contributed by atoms with E-state index in [1.807, 2.05) is 30.3 Å². The van der Waals surface area contributed by atoms with E-state index in [9.17, 15) is 0 Å². The van der Waals surface area contributed by atoms with Crippen LogP contribution in [0, 0.1) is 0 Å². The first kappa shape index (κ1) is 20.6. The van der Waals surface area contributed by atoms with Gasteiger partial charge in [0.2, 0.25) is 5.75 Å². The summed E-state index contributed by atoms with van der Waals surface area (Å²) in [5.41, 5.74) is 1.86. The number of anilines is 1. The molecule has 0 atom stereocenters. The largest absolute Gasteiger partial charge is 0.493 e. The standard InChI is InChI=1S/C22H29N3O4/c1-23-22(25-16-12-19(26-2)21(28-4)20(13-16)27-3)24-14-15-8-5-6-11-18(15)29-17-9-7-10-17/h5-6,8,11-13,17H,7,9-10,14H2,1-4H3,(H2,23,24,25). The van der Waals surface area contributed by atoms with Crippen molar-refractivity contribution in [1.82, 2.24) is 5.32 Å². The topological polar surface area (TPSA) is 73.3 Å². The van der Waals surface area contributed by atoms with Crippen LogP contribution in [0.15, 0.2) is 41.4 Å². The summed E-state index contributed by atoms with van der Waals surface area (Å²) in [6, 6.07) is 11.8. The number of ether oxygens (including phenoxy) is 4. The number of rotatable bonds is 8. The van der Waals surface area contributed by atoms with Crippen molar-refractivity contribution in [1.29, 1.82) is 0 Å². The molecular formula is C22H29N3O4. The van der Waals surface area contributed by atoms with Crippen molar-refractivity contribution in [2.75, 3.05) is 33.7 Å². The maximum absolute atomic E-state index is 6.10. The fourth-order valence-electron chi connectivity index (χ4n) is 3.08. The monoisotopic (exact) mass is 399 g/mol. The third kappa shape index (κ3) is 5.04. The maximum atomic E-state index is 6.10. The minimum atomic E-state index is 0.341. The van der Waals surface area contributed by atoms with Gasteiger partial charge in [-0.15, -0.1) is 0 Å². The van der Waals surface area contributed by atoms with E-state index in [-0.39, 0.29) is 0 Å². The van der Waals surface area contributed by atoms with Crippen LogP contribution < -0.4 is 29.6 Å². The molecule has 0 saturated heterocycles. The van der Waals surface area contributed by atoms with Crippen LogP contribution in [0.3, 0.4) is 0 Å². The first-order valence-electron chi connectivity index (χ1n) is 9.70. The lowest BCUT2D eigenvalue weighted by Gasteiger charge is -2.27. The zero-order valence-corrected chi connectivity index (χ0v) is 17.5. The molecule has 0 amide bonds. The molecule has 0 unspecified atom stereocenters. The molecule has 0 radical (unpaired) electrons. The van der Waals surface area contributed by atoms with E-state index >= 15 is 0 Å². The van der Waals surface area contributed by atoms with Crippen LogP contribution in [0.2, 0.25) is 0 Å². The van der Waals surface area contributed by atoms with Crippen LogP contribution in [-0.4, -0.2) is 40.4 Å². The van der Waals surface area contributed by atoms with Gasteiger partial charge in [0, 0.05) is 37.0 Å². The summed E-state index contributed by atoms with van der Waals surface area (Å²) in [4.78, 5) is 4.31. The smallest absolute Gasteiger partial charge is 0.203 e. The molecule has 7 heteroatoms. The summed E-state index contributed by atoms with van der Waals surface area (Å²) < 4.78 is 22.3. The number of hydrogen-bond acceptors (Lipinski definition) is 5. The molecule has 2 aromatic rings. The summed E-state index contributed by atoms with van der Waals surface area (Å²) in [6.07, 6.45) is 3.85. The number of methoxy groups -OCH3 is 3. The van der Waals surface area contributed by atoms with E-state index in [4.69, 9.17) is 18.9 Å². The molecule has 1 saturated carbocycles. The molecule has 0 bridgehead atoms. The Morgan fingerprint density at radius 1 is 1.00 bits per heavy atom. The van der Waals surface area contributed by atoms with Gasteiger partial charge in [0.15, 0.2) is 17.5 Å². The number of nitrogens with zero attached hydrogens (tertiary/aromatic N) is 1. The molecule has 0 aliphatic heterocycles. The van der Waals surface area contributed by atoms with E-state index in [0.29, 0.717) is 35.9 Å². The highest BCUT2D eigenvalue weighted by Crippen LogP contribution is 2.39. The Hall–Kier alpha value is -3.09. The highest BCUT2D eigenvalue weighted by atomic mass is 16.5. The predicted octanol–water partition coefficient (Wildman–Crippen LogP) is 3.83. The second kappa shape index (κ2) is 9.91. The predicted molar refractivity (Wildman–Crippen MR) is 115 cm³/mol. The van der Waals surface area contributed by atoms with Crippen molar-refractivity contribution in [3.05, 3.63) is 42.0 Å². The molecule has 0 aromatic heterocycles. The number of hydrogen-bond donors (Lipinski definition) is 2. The zero-order valence-electron chi connectivity index (χ0n) is 17.5.